The van der Waals surface area contributed by atoms with E-state index >= 15 is 0 Å². The lowest BCUT2D eigenvalue weighted by Gasteiger charge is -2.18. The minimum absolute atomic E-state index is 0.00978. The summed E-state index contributed by atoms with van der Waals surface area (Å²) in [5.41, 5.74) is 1.89. The fraction of sp³-hybridized carbons (Fsp3) is 0.500. The van der Waals surface area contributed by atoms with E-state index in [0.29, 0.717) is 6.54 Å². The Labute approximate surface area is 128 Å². The summed E-state index contributed by atoms with van der Waals surface area (Å²) in [5.74, 6) is 2.38. The first-order valence-electron chi connectivity index (χ1n) is 7.23. The number of hydrogen-bond donors (Lipinski definition) is 1. The third-order valence-corrected chi connectivity index (χ3v) is 4.98. The number of terminal acetylenes is 1. The van der Waals surface area contributed by atoms with Gasteiger partial charge in [0.15, 0.2) is 0 Å². The predicted octanol–water partition coefficient (Wildman–Crippen LogP) is 1.97. The Hall–Kier alpha value is -1.35. The first kappa shape index (κ1) is 17.7. The summed E-state index contributed by atoms with van der Waals surface area (Å²) in [5, 5.41) is 3.31. The van der Waals surface area contributed by atoms with Crippen LogP contribution in [0, 0.1) is 12.3 Å². The summed E-state index contributed by atoms with van der Waals surface area (Å²) >= 11 is 0. The van der Waals surface area contributed by atoms with Crippen molar-refractivity contribution in [3.8, 4) is 12.3 Å². The quantitative estimate of drug-likeness (QED) is 0.560. The molecule has 0 aliphatic rings. The molecule has 0 atom stereocenters. The molecule has 0 radical (unpaired) electrons. The van der Waals surface area contributed by atoms with E-state index in [0.717, 1.165) is 30.6 Å². The predicted molar refractivity (Wildman–Crippen MR) is 87.1 cm³/mol. The molecule has 1 rings (SSSR count). The van der Waals surface area contributed by atoms with Crippen molar-refractivity contribution in [2.45, 2.75) is 32.6 Å². The van der Waals surface area contributed by atoms with Gasteiger partial charge in [-0.2, -0.15) is 4.31 Å². The van der Waals surface area contributed by atoms with Gasteiger partial charge in [-0.25, -0.2) is 8.42 Å². The van der Waals surface area contributed by atoms with Crippen LogP contribution >= 0.6 is 0 Å². The molecule has 0 aliphatic carbocycles. The molecule has 0 heterocycles. The highest BCUT2D eigenvalue weighted by Gasteiger charge is 2.20. The van der Waals surface area contributed by atoms with Gasteiger partial charge in [0.05, 0.1) is 12.3 Å². The molecule has 0 unspecified atom stereocenters. The second-order valence-electron chi connectivity index (χ2n) is 4.88. The molecule has 0 aliphatic heterocycles. The van der Waals surface area contributed by atoms with E-state index in [9.17, 15) is 8.42 Å². The highest BCUT2D eigenvalue weighted by Crippen LogP contribution is 2.12. The van der Waals surface area contributed by atoms with Gasteiger partial charge in [0.25, 0.3) is 0 Å². The zero-order valence-electron chi connectivity index (χ0n) is 12.8. The Morgan fingerprint density at radius 2 is 2.00 bits per heavy atom. The van der Waals surface area contributed by atoms with Crippen molar-refractivity contribution < 1.29 is 8.42 Å². The number of benzene rings is 1. The van der Waals surface area contributed by atoms with Crippen molar-refractivity contribution in [1.29, 1.82) is 0 Å². The van der Waals surface area contributed by atoms with Crippen LogP contribution in [0.1, 0.15) is 31.4 Å². The number of nitrogens with one attached hydrogen (secondary N) is 1. The third-order valence-electron chi connectivity index (χ3n) is 3.11. The Kier molecular flexibility index (Phi) is 7.44. The van der Waals surface area contributed by atoms with E-state index in [1.165, 1.54) is 4.31 Å². The number of sulfonamides is 1. The lowest BCUT2D eigenvalue weighted by Crippen LogP contribution is -2.32. The maximum absolute atomic E-state index is 12.3. The van der Waals surface area contributed by atoms with Gasteiger partial charge in [-0.1, -0.05) is 44.0 Å². The summed E-state index contributed by atoms with van der Waals surface area (Å²) in [6.45, 7) is 6.12. The molecular weight excluding hydrogens is 284 g/mol. The molecule has 5 heteroatoms. The average Bonchev–Trinajstić information content (AvgIpc) is 2.44. The number of nitrogens with zero attached hydrogens (tertiary/aromatic N) is 1. The second-order valence-corrected chi connectivity index (χ2v) is 6.85. The summed E-state index contributed by atoms with van der Waals surface area (Å²) in [6.07, 6.45) is 6.30. The van der Waals surface area contributed by atoms with E-state index in [1.807, 2.05) is 24.3 Å². The van der Waals surface area contributed by atoms with Crippen molar-refractivity contribution in [2.75, 3.05) is 19.6 Å². The number of rotatable bonds is 9. The van der Waals surface area contributed by atoms with Crippen molar-refractivity contribution in [2.24, 2.45) is 0 Å². The summed E-state index contributed by atoms with van der Waals surface area (Å²) in [4.78, 5) is 0. The minimum Gasteiger partial charge on any atom is -0.313 e. The van der Waals surface area contributed by atoms with Crippen LogP contribution in [0.2, 0.25) is 0 Å². The first-order chi connectivity index (χ1) is 10.0. The van der Waals surface area contributed by atoms with E-state index in [2.05, 4.69) is 18.2 Å². The van der Waals surface area contributed by atoms with Crippen LogP contribution in [0.5, 0.6) is 0 Å². The van der Waals surface area contributed by atoms with Gasteiger partial charge in [0.1, 0.15) is 0 Å². The first-order valence-corrected chi connectivity index (χ1v) is 8.84. The summed E-state index contributed by atoms with van der Waals surface area (Å²) < 4.78 is 25.9. The lowest BCUT2D eigenvalue weighted by atomic mass is 10.1. The van der Waals surface area contributed by atoms with Crippen LogP contribution in [0.3, 0.4) is 0 Å². The lowest BCUT2D eigenvalue weighted by molar-refractivity contribution is 0.463. The van der Waals surface area contributed by atoms with Gasteiger partial charge in [-0.05, 0) is 24.1 Å². The van der Waals surface area contributed by atoms with E-state index in [1.54, 1.807) is 6.92 Å². The molecule has 0 fully saturated rings. The van der Waals surface area contributed by atoms with Gasteiger partial charge in [-0.3, -0.25) is 0 Å². The molecule has 0 spiro atoms. The van der Waals surface area contributed by atoms with Crippen LogP contribution in [0.15, 0.2) is 24.3 Å². The van der Waals surface area contributed by atoms with Crippen LogP contribution < -0.4 is 5.32 Å². The molecule has 1 N–H and O–H groups in total. The van der Waals surface area contributed by atoms with Crippen molar-refractivity contribution >= 4 is 10.0 Å². The average molecular weight is 308 g/mol. The second kappa shape index (κ2) is 8.83. The fourth-order valence-corrected chi connectivity index (χ4v) is 3.50. The Morgan fingerprint density at radius 1 is 1.29 bits per heavy atom. The summed E-state index contributed by atoms with van der Waals surface area (Å²) in [7, 11) is -3.36. The third kappa shape index (κ3) is 5.88. The molecule has 0 saturated carbocycles. The monoisotopic (exact) mass is 308 g/mol. The highest BCUT2D eigenvalue weighted by molar-refractivity contribution is 7.88. The van der Waals surface area contributed by atoms with Gasteiger partial charge in [-0.15, -0.1) is 6.42 Å². The molecule has 1 aromatic rings. The number of hydrogen-bond acceptors (Lipinski definition) is 3. The Balaban J connectivity index is 2.78. The van der Waals surface area contributed by atoms with Crippen molar-refractivity contribution in [3.05, 3.63) is 35.4 Å². The summed E-state index contributed by atoms with van der Waals surface area (Å²) in [6, 6.07) is 7.66. The molecule has 4 nitrogen and oxygen atoms in total. The molecule has 116 valence electrons. The van der Waals surface area contributed by atoms with Gasteiger partial charge >= 0.3 is 0 Å². The molecule has 0 amide bonds. The van der Waals surface area contributed by atoms with Crippen LogP contribution in [0.25, 0.3) is 0 Å². The van der Waals surface area contributed by atoms with Crippen molar-refractivity contribution in [1.82, 2.24) is 9.62 Å². The standard InChI is InChI=1S/C16H24N2O2S/c1-4-10-17-13-15-8-7-9-16(12-15)14-21(19,20)18(6-3)11-5-2/h2,7-9,12,17H,4,6,10-11,13-14H2,1,3H3. The molecule has 0 saturated heterocycles. The minimum atomic E-state index is -3.36. The molecule has 0 aromatic heterocycles. The van der Waals surface area contributed by atoms with E-state index < -0.39 is 10.0 Å². The molecular formula is C16H24N2O2S. The van der Waals surface area contributed by atoms with E-state index in [4.69, 9.17) is 6.42 Å². The molecule has 0 bridgehead atoms. The van der Waals surface area contributed by atoms with Crippen LogP contribution in [-0.4, -0.2) is 32.4 Å². The Bertz CT molecular complexity index is 576. The van der Waals surface area contributed by atoms with Crippen molar-refractivity contribution in [3.63, 3.8) is 0 Å². The topological polar surface area (TPSA) is 49.4 Å². The SMILES string of the molecule is C#CCN(CC)S(=O)(=O)Cc1cccc(CNCCC)c1. The van der Waals surface area contributed by atoms with Gasteiger partial charge in [0, 0.05) is 13.1 Å². The fourth-order valence-electron chi connectivity index (χ4n) is 2.05. The van der Waals surface area contributed by atoms with E-state index in [-0.39, 0.29) is 12.3 Å². The largest absolute Gasteiger partial charge is 0.313 e. The zero-order valence-corrected chi connectivity index (χ0v) is 13.6. The maximum atomic E-state index is 12.3. The normalized spacial score (nSPS) is 11.5. The molecule has 21 heavy (non-hydrogen) atoms. The van der Waals surface area contributed by atoms with Crippen LogP contribution in [0.4, 0.5) is 0 Å². The molecule has 1 aromatic carbocycles. The maximum Gasteiger partial charge on any atom is 0.219 e. The van der Waals surface area contributed by atoms with Gasteiger partial charge < -0.3 is 5.32 Å². The van der Waals surface area contributed by atoms with Gasteiger partial charge in [0.2, 0.25) is 10.0 Å². The Morgan fingerprint density at radius 3 is 2.62 bits per heavy atom. The smallest absolute Gasteiger partial charge is 0.219 e. The highest BCUT2D eigenvalue weighted by atomic mass is 32.2. The zero-order chi connectivity index (χ0) is 15.7. The van der Waals surface area contributed by atoms with Crippen LogP contribution in [-0.2, 0) is 22.3 Å².